The van der Waals surface area contributed by atoms with Crippen LogP contribution in [0.1, 0.15) is 18.9 Å². The SMILES string of the molecule is CC(C(=O)N1CCCN(C(=O)Cc2cccc(F)c2)CC1)C1CNC1. The molecule has 0 spiro atoms. The molecule has 0 aromatic heterocycles. The Morgan fingerprint density at radius 3 is 2.60 bits per heavy atom. The molecule has 2 aliphatic heterocycles. The van der Waals surface area contributed by atoms with Crippen LogP contribution in [0.3, 0.4) is 0 Å². The zero-order chi connectivity index (χ0) is 17.8. The van der Waals surface area contributed by atoms with E-state index in [4.69, 9.17) is 0 Å². The van der Waals surface area contributed by atoms with E-state index >= 15 is 0 Å². The number of rotatable bonds is 4. The second-order valence-electron chi connectivity index (χ2n) is 7.07. The topological polar surface area (TPSA) is 52.7 Å². The molecule has 2 amide bonds. The van der Waals surface area contributed by atoms with Gasteiger partial charge in [0.25, 0.3) is 0 Å². The van der Waals surface area contributed by atoms with Gasteiger partial charge in [-0.3, -0.25) is 9.59 Å². The minimum Gasteiger partial charge on any atom is -0.341 e. The van der Waals surface area contributed by atoms with Crippen molar-refractivity contribution in [2.45, 2.75) is 19.8 Å². The minimum absolute atomic E-state index is 0.00357. The highest BCUT2D eigenvalue weighted by Crippen LogP contribution is 2.19. The fourth-order valence-corrected chi connectivity index (χ4v) is 3.47. The number of hydrogen-bond acceptors (Lipinski definition) is 3. The van der Waals surface area contributed by atoms with Crippen LogP contribution >= 0.6 is 0 Å². The summed E-state index contributed by atoms with van der Waals surface area (Å²) in [5.74, 6) is 0.344. The molecular weight excluding hydrogens is 321 g/mol. The van der Waals surface area contributed by atoms with Crippen molar-refractivity contribution in [3.8, 4) is 0 Å². The van der Waals surface area contributed by atoms with Crippen LogP contribution in [-0.2, 0) is 16.0 Å². The summed E-state index contributed by atoms with van der Waals surface area (Å²) in [5, 5.41) is 3.21. The van der Waals surface area contributed by atoms with Crippen molar-refractivity contribution >= 4 is 11.8 Å². The van der Waals surface area contributed by atoms with E-state index in [1.807, 2.05) is 11.8 Å². The van der Waals surface area contributed by atoms with Crippen LogP contribution in [-0.4, -0.2) is 60.9 Å². The van der Waals surface area contributed by atoms with Gasteiger partial charge in [-0.2, -0.15) is 0 Å². The quantitative estimate of drug-likeness (QED) is 0.893. The normalized spacial score (nSPS) is 19.9. The molecule has 2 saturated heterocycles. The Bertz CT molecular complexity index is 633. The predicted octanol–water partition coefficient (Wildman–Crippen LogP) is 1.28. The van der Waals surface area contributed by atoms with Crippen LogP contribution in [0, 0.1) is 17.7 Å². The Kier molecular flexibility index (Phi) is 5.68. The van der Waals surface area contributed by atoms with Gasteiger partial charge in [0.15, 0.2) is 0 Å². The molecule has 1 unspecified atom stereocenters. The zero-order valence-corrected chi connectivity index (χ0v) is 14.7. The van der Waals surface area contributed by atoms with Gasteiger partial charge in [-0.1, -0.05) is 19.1 Å². The van der Waals surface area contributed by atoms with Gasteiger partial charge in [0.2, 0.25) is 11.8 Å². The van der Waals surface area contributed by atoms with E-state index in [9.17, 15) is 14.0 Å². The molecule has 0 aliphatic carbocycles. The summed E-state index contributed by atoms with van der Waals surface area (Å²) in [6.45, 7) is 6.32. The number of amides is 2. The van der Waals surface area contributed by atoms with Crippen LogP contribution in [0.5, 0.6) is 0 Å². The van der Waals surface area contributed by atoms with E-state index in [-0.39, 0.29) is 30.0 Å². The van der Waals surface area contributed by atoms with Gasteiger partial charge in [-0.25, -0.2) is 4.39 Å². The standard InChI is InChI=1S/C19H26FN3O2/c1-14(16-12-21-13-16)19(25)23-7-3-6-22(8-9-23)18(24)11-15-4-2-5-17(20)10-15/h2,4-5,10,14,16,21H,3,6-9,11-13H2,1H3. The Hall–Kier alpha value is -1.95. The lowest BCUT2D eigenvalue weighted by Crippen LogP contribution is -2.51. The molecule has 1 aromatic rings. The van der Waals surface area contributed by atoms with E-state index in [0.29, 0.717) is 37.7 Å². The van der Waals surface area contributed by atoms with Gasteiger partial charge in [0.1, 0.15) is 5.82 Å². The summed E-state index contributed by atoms with van der Waals surface area (Å²) >= 11 is 0. The predicted molar refractivity (Wildman–Crippen MR) is 93.4 cm³/mol. The Morgan fingerprint density at radius 1 is 1.20 bits per heavy atom. The summed E-state index contributed by atoms with van der Waals surface area (Å²) in [4.78, 5) is 28.8. The fraction of sp³-hybridized carbons (Fsp3) is 0.579. The lowest BCUT2D eigenvalue weighted by Gasteiger charge is -2.34. The van der Waals surface area contributed by atoms with Gasteiger partial charge < -0.3 is 15.1 Å². The highest BCUT2D eigenvalue weighted by Gasteiger charge is 2.32. The molecule has 0 radical (unpaired) electrons. The largest absolute Gasteiger partial charge is 0.341 e. The molecule has 136 valence electrons. The summed E-state index contributed by atoms with van der Waals surface area (Å²) in [7, 11) is 0. The molecule has 2 heterocycles. The third kappa shape index (κ3) is 4.37. The average molecular weight is 347 g/mol. The maximum atomic E-state index is 13.3. The van der Waals surface area contributed by atoms with E-state index in [1.54, 1.807) is 17.0 Å². The van der Waals surface area contributed by atoms with Crippen LogP contribution in [0.2, 0.25) is 0 Å². The first kappa shape index (κ1) is 17.9. The highest BCUT2D eigenvalue weighted by atomic mass is 19.1. The number of carbonyl (C=O) groups is 2. The first-order valence-electron chi connectivity index (χ1n) is 9.06. The van der Waals surface area contributed by atoms with Crippen molar-refractivity contribution < 1.29 is 14.0 Å². The van der Waals surface area contributed by atoms with E-state index < -0.39 is 0 Å². The lowest BCUT2D eigenvalue weighted by atomic mass is 9.88. The minimum atomic E-state index is -0.322. The van der Waals surface area contributed by atoms with Gasteiger partial charge >= 0.3 is 0 Å². The first-order valence-corrected chi connectivity index (χ1v) is 9.06. The Labute approximate surface area is 148 Å². The van der Waals surface area contributed by atoms with E-state index in [1.165, 1.54) is 12.1 Å². The third-order valence-corrected chi connectivity index (χ3v) is 5.31. The van der Waals surface area contributed by atoms with Crippen molar-refractivity contribution in [2.75, 3.05) is 39.3 Å². The van der Waals surface area contributed by atoms with Crippen LogP contribution in [0.25, 0.3) is 0 Å². The summed E-state index contributed by atoms with van der Waals surface area (Å²) < 4.78 is 13.3. The second kappa shape index (κ2) is 7.95. The average Bonchev–Trinajstić information content (AvgIpc) is 2.78. The van der Waals surface area contributed by atoms with Crippen molar-refractivity contribution in [1.29, 1.82) is 0 Å². The molecule has 6 heteroatoms. The third-order valence-electron chi connectivity index (χ3n) is 5.31. The fourth-order valence-electron chi connectivity index (χ4n) is 3.47. The van der Waals surface area contributed by atoms with Crippen LogP contribution in [0.4, 0.5) is 4.39 Å². The zero-order valence-electron chi connectivity index (χ0n) is 14.7. The number of halogens is 1. The van der Waals surface area contributed by atoms with Crippen molar-refractivity contribution in [3.05, 3.63) is 35.6 Å². The number of carbonyl (C=O) groups excluding carboxylic acids is 2. The van der Waals surface area contributed by atoms with Gasteiger partial charge in [0, 0.05) is 32.1 Å². The van der Waals surface area contributed by atoms with Crippen LogP contribution < -0.4 is 5.32 Å². The molecule has 25 heavy (non-hydrogen) atoms. The second-order valence-corrected chi connectivity index (χ2v) is 7.07. The summed E-state index contributed by atoms with van der Waals surface area (Å²) in [6.07, 6.45) is 0.992. The number of benzene rings is 1. The number of hydrogen-bond donors (Lipinski definition) is 1. The molecule has 0 saturated carbocycles. The molecule has 2 aliphatic rings. The van der Waals surface area contributed by atoms with E-state index in [0.717, 1.165) is 19.5 Å². The molecule has 1 N–H and O–H groups in total. The van der Waals surface area contributed by atoms with Crippen LogP contribution in [0.15, 0.2) is 24.3 Å². The number of nitrogens with zero attached hydrogens (tertiary/aromatic N) is 2. The van der Waals surface area contributed by atoms with Gasteiger partial charge in [0.05, 0.1) is 6.42 Å². The molecule has 3 rings (SSSR count). The summed E-state index contributed by atoms with van der Waals surface area (Å²) in [6, 6.07) is 6.17. The van der Waals surface area contributed by atoms with E-state index in [2.05, 4.69) is 5.32 Å². The molecule has 2 fully saturated rings. The molecule has 1 atom stereocenters. The van der Waals surface area contributed by atoms with Crippen molar-refractivity contribution in [1.82, 2.24) is 15.1 Å². The van der Waals surface area contributed by atoms with Gasteiger partial charge in [-0.15, -0.1) is 0 Å². The first-order chi connectivity index (χ1) is 12.0. The lowest BCUT2D eigenvalue weighted by molar-refractivity contribution is -0.138. The smallest absolute Gasteiger partial charge is 0.227 e. The molecular formula is C19H26FN3O2. The van der Waals surface area contributed by atoms with Gasteiger partial charge in [-0.05, 0) is 43.1 Å². The van der Waals surface area contributed by atoms with Crippen molar-refractivity contribution in [2.24, 2.45) is 11.8 Å². The molecule has 5 nitrogen and oxygen atoms in total. The number of nitrogens with one attached hydrogen (secondary N) is 1. The maximum absolute atomic E-state index is 13.3. The summed E-state index contributed by atoms with van der Waals surface area (Å²) in [5.41, 5.74) is 0.688. The Morgan fingerprint density at radius 2 is 1.92 bits per heavy atom. The van der Waals surface area contributed by atoms with Crippen molar-refractivity contribution in [3.63, 3.8) is 0 Å². The Balaban J connectivity index is 1.53. The molecule has 0 bridgehead atoms. The highest BCUT2D eigenvalue weighted by molar-refractivity contribution is 5.80. The maximum Gasteiger partial charge on any atom is 0.227 e. The molecule has 1 aromatic carbocycles. The monoisotopic (exact) mass is 347 g/mol.